The zero-order valence-electron chi connectivity index (χ0n) is 24.0. The Balaban J connectivity index is 1.94. The zero-order chi connectivity index (χ0) is 29.9. The van der Waals surface area contributed by atoms with Gasteiger partial charge in [-0.15, -0.1) is 4.37 Å². The van der Waals surface area contributed by atoms with E-state index in [9.17, 15) is 19.2 Å². The fraction of sp³-hybridized carbons (Fsp3) is 0.760. The van der Waals surface area contributed by atoms with E-state index in [0.717, 1.165) is 11.7 Å². The summed E-state index contributed by atoms with van der Waals surface area (Å²) in [6, 6.07) is 0. The van der Waals surface area contributed by atoms with Gasteiger partial charge in [0.25, 0.3) is 5.88 Å². The predicted octanol–water partition coefficient (Wildman–Crippen LogP) is 0.909. The minimum absolute atomic E-state index is 0.0693. The molecule has 1 aromatic rings. The van der Waals surface area contributed by atoms with Crippen molar-refractivity contribution in [1.29, 1.82) is 0 Å². The molecular weight excluding hydrogens is 548 g/mol. The van der Waals surface area contributed by atoms with Crippen LogP contribution >= 0.6 is 11.7 Å². The van der Waals surface area contributed by atoms with Crippen molar-refractivity contribution in [2.75, 3.05) is 44.4 Å². The fourth-order valence-corrected chi connectivity index (χ4v) is 3.78. The highest BCUT2D eigenvalue weighted by Crippen LogP contribution is 2.26. The molecule has 5 atom stereocenters. The first-order chi connectivity index (χ1) is 18.8. The number of esters is 3. The van der Waals surface area contributed by atoms with Gasteiger partial charge in [-0.2, -0.15) is 4.37 Å². The lowest BCUT2D eigenvalue weighted by Gasteiger charge is -2.28. The van der Waals surface area contributed by atoms with Crippen LogP contribution in [0.4, 0.5) is 5.82 Å². The number of aldehydes is 1. The number of rotatable bonds is 15. The van der Waals surface area contributed by atoms with Crippen molar-refractivity contribution in [2.45, 2.75) is 84.5 Å². The summed E-state index contributed by atoms with van der Waals surface area (Å²) in [7, 11) is 0. The Morgan fingerprint density at radius 3 is 2.12 bits per heavy atom. The Labute approximate surface area is 238 Å². The minimum Gasteiger partial charge on any atom is -0.472 e. The average molecular weight is 589 g/mol. The van der Waals surface area contributed by atoms with Gasteiger partial charge in [-0.1, -0.05) is 0 Å². The Bertz CT molecular complexity index is 979. The number of nitrogens with zero attached hydrogens (tertiary/aromatic N) is 3. The van der Waals surface area contributed by atoms with Crippen LogP contribution in [0.5, 0.6) is 5.88 Å². The first kappa shape index (κ1) is 33.3. The van der Waals surface area contributed by atoms with Gasteiger partial charge in [0.1, 0.15) is 12.7 Å². The van der Waals surface area contributed by atoms with Gasteiger partial charge in [-0.3, -0.25) is 4.79 Å². The van der Waals surface area contributed by atoms with Gasteiger partial charge in [0.05, 0.1) is 24.9 Å². The Morgan fingerprint density at radius 1 is 0.975 bits per heavy atom. The third kappa shape index (κ3) is 11.3. The van der Waals surface area contributed by atoms with Crippen molar-refractivity contribution < 1.29 is 47.6 Å². The second kappa shape index (κ2) is 15.8. The molecule has 0 saturated carbocycles. The molecule has 2 rings (SSSR count). The van der Waals surface area contributed by atoms with E-state index in [1.165, 1.54) is 27.7 Å². The van der Waals surface area contributed by atoms with E-state index in [0.29, 0.717) is 50.8 Å². The highest BCUT2D eigenvalue weighted by molar-refractivity contribution is 6.99. The van der Waals surface area contributed by atoms with Gasteiger partial charge >= 0.3 is 17.9 Å². The topological polar surface area (TPSA) is 165 Å². The van der Waals surface area contributed by atoms with Crippen LogP contribution in [0.15, 0.2) is 0 Å². The number of aromatic nitrogens is 2. The summed E-state index contributed by atoms with van der Waals surface area (Å²) in [5, 5.41) is 3.33. The summed E-state index contributed by atoms with van der Waals surface area (Å²) >= 11 is 1.04. The molecule has 0 radical (unpaired) electrons. The number of hydrogen-bond acceptors (Lipinski definition) is 15. The highest BCUT2D eigenvalue weighted by Gasteiger charge is 2.30. The van der Waals surface area contributed by atoms with Crippen LogP contribution in [0.2, 0.25) is 0 Å². The molecule has 0 spiro atoms. The van der Waals surface area contributed by atoms with Crippen molar-refractivity contribution in [3.63, 3.8) is 0 Å². The number of carbonyl (C=O) groups excluding carboxylic acids is 4. The SMILES string of the molecule is CC(C=O)OC(=O)C(C)OC(=O)C(C)OC(=O)C(C)OC(CNC(C)(C)C)COc1nsnc1N1CCOCC1. The van der Waals surface area contributed by atoms with Crippen molar-refractivity contribution in [3.8, 4) is 5.88 Å². The van der Waals surface area contributed by atoms with Crippen molar-refractivity contribution >= 4 is 41.7 Å². The highest BCUT2D eigenvalue weighted by atomic mass is 32.1. The van der Waals surface area contributed by atoms with Gasteiger partial charge < -0.3 is 38.6 Å². The molecule has 1 fully saturated rings. The first-order valence-electron chi connectivity index (χ1n) is 13.1. The minimum atomic E-state index is -1.32. The number of morpholine rings is 1. The standard InChI is InChI=1S/C25H40N4O10S/c1-15(13-30)36-22(31)17(3)38-24(33)18(4)39-23(32)16(2)37-19(12-26-25(5,6)7)14-35-21-20(27-40-28-21)29-8-10-34-11-9-29/h13,15-19,26H,8-12,14H2,1-7H3. The van der Waals surface area contributed by atoms with E-state index in [-0.39, 0.29) is 12.1 Å². The van der Waals surface area contributed by atoms with Gasteiger partial charge in [-0.25, -0.2) is 14.4 Å². The molecule has 5 unspecified atom stereocenters. The fourth-order valence-electron chi connectivity index (χ4n) is 3.26. The first-order valence-corrected chi connectivity index (χ1v) is 13.8. The largest absolute Gasteiger partial charge is 0.472 e. The molecule has 14 nitrogen and oxygen atoms in total. The summed E-state index contributed by atoms with van der Waals surface area (Å²) < 4.78 is 40.9. The molecule has 1 aromatic heterocycles. The molecule has 40 heavy (non-hydrogen) atoms. The van der Waals surface area contributed by atoms with Crippen LogP contribution in [0.3, 0.4) is 0 Å². The number of carbonyl (C=O) groups is 4. The second-order valence-corrected chi connectivity index (χ2v) is 10.8. The smallest absolute Gasteiger partial charge is 0.347 e. The third-order valence-corrected chi connectivity index (χ3v) is 5.99. The molecule has 0 bridgehead atoms. The molecule has 1 aliphatic rings. The lowest BCUT2D eigenvalue weighted by Crippen LogP contribution is -2.45. The number of ether oxygens (including phenoxy) is 6. The summed E-state index contributed by atoms with van der Waals surface area (Å²) in [4.78, 5) is 49.6. The summed E-state index contributed by atoms with van der Waals surface area (Å²) in [6.07, 6.45) is -4.81. The number of hydrogen-bond donors (Lipinski definition) is 1. The van der Waals surface area contributed by atoms with E-state index < -0.39 is 48.4 Å². The van der Waals surface area contributed by atoms with Crippen molar-refractivity contribution in [3.05, 3.63) is 0 Å². The van der Waals surface area contributed by atoms with Crippen LogP contribution in [-0.2, 0) is 42.9 Å². The van der Waals surface area contributed by atoms with Gasteiger partial charge in [-0.05, 0) is 48.5 Å². The normalized spacial score (nSPS) is 17.6. The predicted molar refractivity (Wildman–Crippen MR) is 143 cm³/mol. The molecule has 1 saturated heterocycles. The average Bonchev–Trinajstić information content (AvgIpc) is 3.38. The Morgan fingerprint density at radius 2 is 1.55 bits per heavy atom. The van der Waals surface area contributed by atoms with E-state index in [2.05, 4.69) is 14.1 Å². The van der Waals surface area contributed by atoms with Crippen LogP contribution in [0.25, 0.3) is 0 Å². The third-order valence-electron chi connectivity index (χ3n) is 5.49. The molecule has 1 aliphatic heterocycles. The van der Waals surface area contributed by atoms with E-state index in [1.807, 2.05) is 25.7 Å². The Kier molecular flexibility index (Phi) is 13.2. The molecule has 2 heterocycles. The monoisotopic (exact) mass is 588 g/mol. The van der Waals surface area contributed by atoms with Crippen LogP contribution in [-0.4, -0.2) is 108 Å². The van der Waals surface area contributed by atoms with Crippen molar-refractivity contribution in [2.24, 2.45) is 0 Å². The molecule has 15 heteroatoms. The maximum atomic E-state index is 12.7. The quantitative estimate of drug-likeness (QED) is 0.175. The molecular formula is C25H40N4O10S. The Hall–Kier alpha value is -2.88. The second-order valence-electron chi connectivity index (χ2n) is 10.3. The number of nitrogens with one attached hydrogen (secondary N) is 1. The van der Waals surface area contributed by atoms with Crippen LogP contribution < -0.4 is 15.0 Å². The van der Waals surface area contributed by atoms with Crippen LogP contribution in [0, 0.1) is 0 Å². The zero-order valence-corrected chi connectivity index (χ0v) is 24.9. The van der Waals surface area contributed by atoms with Gasteiger partial charge in [0, 0.05) is 25.2 Å². The van der Waals surface area contributed by atoms with E-state index >= 15 is 0 Å². The number of anilines is 1. The maximum Gasteiger partial charge on any atom is 0.347 e. The van der Waals surface area contributed by atoms with Gasteiger partial charge in [0.15, 0.2) is 30.7 Å². The van der Waals surface area contributed by atoms with E-state index in [1.54, 1.807) is 0 Å². The maximum absolute atomic E-state index is 12.7. The summed E-state index contributed by atoms with van der Waals surface area (Å²) in [5.41, 5.74) is -0.230. The van der Waals surface area contributed by atoms with Crippen LogP contribution in [0.1, 0.15) is 48.5 Å². The van der Waals surface area contributed by atoms with Gasteiger partial charge in [0.2, 0.25) is 5.82 Å². The molecule has 0 aromatic carbocycles. The summed E-state index contributed by atoms with van der Waals surface area (Å²) in [5.74, 6) is -1.65. The molecule has 226 valence electrons. The van der Waals surface area contributed by atoms with Crippen molar-refractivity contribution in [1.82, 2.24) is 14.1 Å². The molecule has 0 aliphatic carbocycles. The molecule has 0 amide bonds. The molecule has 1 N–H and O–H groups in total. The lowest BCUT2D eigenvalue weighted by molar-refractivity contribution is -0.183. The van der Waals surface area contributed by atoms with E-state index in [4.69, 9.17) is 28.4 Å². The summed E-state index contributed by atoms with van der Waals surface area (Å²) in [6.45, 7) is 14.4. The lowest BCUT2D eigenvalue weighted by atomic mass is 10.1.